The second-order valence-corrected chi connectivity index (χ2v) is 15.0. The fraction of sp³-hybridized carbons (Fsp3) is 0.389. The Balaban J connectivity index is 1.42. The molecule has 2 fully saturated rings. The molecule has 298 valence electrons. The molecule has 0 spiro atoms. The summed E-state index contributed by atoms with van der Waals surface area (Å²) in [5, 5.41) is 17.4. The second kappa shape index (κ2) is 14.6. The van der Waals surface area contributed by atoms with Crippen molar-refractivity contribution >= 4 is 29.6 Å². The topological polar surface area (TPSA) is 138 Å². The molecule has 0 unspecified atom stereocenters. The highest BCUT2D eigenvalue weighted by Crippen LogP contribution is 2.49. The predicted octanol–water partition coefficient (Wildman–Crippen LogP) is 8.56. The molecule has 6 rings (SSSR count). The van der Waals surface area contributed by atoms with Crippen LogP contribution in [0.5, 0.6) is 0 Å². The van der Waals surface area contributed by atoms with Gasteiger partial charge in [0, 0.05) is 17.3 Å². The molecular weight excluding hydrogens is 780 g/mol. The smallest absolute Gasteiger partial charge is 0.411 e. The maximum atomic E-state index is 16.4. The number of carbonyl (C=O) groups is 2. The lowest BCUT2D eigenvalue weighted by Gasteiger charge is -2.35. The van der Waals surface area contributed by atoms with Gasteiger partial charge in [-0.15, -0.1) is 0 Å². The van der Waals surface area contributed by atoms with Crippen molar-refractivity contribution < 1.29 is 49.4 Å². The molecule has 4 aromatic rings. The molecule has 1 saturated carbocycles. The number of amides is 2. The van der Waals surface area contributed by atoms with Gasteiger partial charge in [-0.05, 0) is 60.1 Å². The maximum Gasteiger partial charge on any atom is 0.411 e. The van der Waals surface area contributed by atoms with E-state index in [1.54, 1.807) is 20.8 Å². The zero-order chi connectivity index (χ0) is 41.0. The van der Waals surface area contributed by atoms with Gasteiger partial charge < -0.3 is 15.4 Å². The number of benzene rings is 2. The van der Waals surface area contributed by atoms with Crippen LogP contribution in [0.15, 0.2) is 61.1 Å². The number of hydrogen-bond acceptors (Lipinski definition) is 7. The van der Waals surface area contributed by atoms with Crippen LogP contribution in [0.25, 0.3) is 16.8 Å². The molecule has 20 heteroatoms. The van der Waals surface area contributed by atoms with Gasteiger partial charge in [0.05, 0.1) is 16.8 Å². The predicted molar refractivity (Wildman–Crippen MR) is 185 cm³/mol. The zero-order valence-electron chi connectivity index (χ0n) is 29.7. The number of hydrogen-bond donors (Lipinski definition) is 3. The quantitative estimate of drug-likeness (QED) is 0.129. The summed E-state index contributed by atoms with van der Waals surface area (Å²) in [4.78, 5) is 35.8. The molecule has 2 aliphatic rings. The van der Waals surface area contributed by atoms with Crippen molar-refractivity contribution in [2.45, 2.75) is 76.2 Å². The monoisotopic (exact) mass is 812 g/mol. The van der Waals surface area contributed by atoms with Crippen molar-refractivity contribution in [3.05, 3.63) is 94.5 Å². The van der Waals surface area contributed by atoms with Gasteiger partial charge in [-0.2, -0.15) is 18.3 Å². The second-order valence-electron chi connectivity index (χ2n) is 14.6. The van der Waals surface area contributed by atoms with E-state index < -0.39 is 96.3 Å². The third-order valence-corrected chi connectivity index (χ3v) is 9.71. The number of nitrogens with one attached hydrogen (secondary N) is 3. The third-order valence-electron chi connectivity index (χ3n) is 9.39. The number of guanidine groups is 1. The minimum atomic E-state index is -4.79. The van der Waals surface area contributed by atoms with E-state index in [1.165, 1.54) is 36.4 Å². The molecular formula is C36H33ClF8N8O3. The van der Waals surface area contributed by atoms with E-state index in [2.05, 4.69) is 20.4 Å². The average Bonchev–Trinajstić information content (AvgIpc) is 3.66. The average molecular weight is 813 g/mol. The Morgan fingerprint density at radius 3 is 2.29 bits per heavy atom. The van der Waals surface area contributed by atoms with Crippen molar-refractivity contribution in [2.24, 2.45) is 5.41 Å². The summed E-state index contributed by atoms with van der Waals surface area (Å²) in [5.41, 5.74) is -5.58. The molecule has 0 bridgehead atoms. The molecule has 56 heavy (non-hydrogen) atoms. The Morgan fingerprint density at radius 2 is 1.71 bits per heavy atom. The number of alkyl halides is 7. The largest absolute Gasteiger partial charge is 0.447 e. The van der Waals surface area contributed by atoms with E-state index in [9.17, 15) is 40.3 Å². The molecule has 1 aliphatic heterocycles. The highest BCUT2D eigenvalue weighted by atomic mass is 35.5. The van der Waals surface area contributed by atoms with E-state index in [1.807, 2.05) is 5.32 Å². The molecule has 2 aromatic heterocycles. The van der Waals surface area contributed by atoms with Gasteiger partial charge in [-0.25, -0.2) is 36.4 Å². The van der Waals surface area contributed by atoms with Gasteiger partial charge in [0.2, 0.25) is 0 Å². The Kier molecular flexibility index (Phi) is 10.5. The lowest BCUT2D eigenvalue weighted by Crippen LogP contribution is -2.49. The Hall–Kier alpha value is -5.33. The van der Waals surface area contributed by atoms with E-state index >= 15 is 4.39 Å². The Morgan fingerprint density at radius 1 is 1.02 bits per heavy atom. The van der Waals surface area contributed by atoms with E-state index in [-0.39, 0.29) is 33.8 Å². The van der Waals surface area contributed by atoms with Crippen LogP contribution >= 0.6 is 11.6 Å². The maximum absolute atomic E-state index is 16.4. The summed E-state index contributed by atoms with van der Waals surface area (Å²) in [6.07, 6.45) is -11.1. The minimum Gasteiger partial charge on any atom is -0.447 e. The first-order valence-electron chi connectivity index (χ1n) is 16.9. The van der Waals surface area contributed by atoms with Crippen LogP contribution < -0.4 is 10.6 Å². The van der Waals surface area contributed by atoms with Gasteiger partial charge in [-0.3, -0.25) is 20.1 Å². The van der Waals surface area contributed by atoms with Crippen molar-refractivity contribution in [1.29, 1.82) is 5.41 Å². The van der Waals surface area contributed by atoms with Crippen molar-refractivity contribution in [3.8, 4) is 16.8 Å². The highest BCUT2D eigenvalue weighted by molar-refractivity contribution is 6.32. The first-order valence-corrected chi connectivity index (χ1v) is 17.3. The van der Waals surface area contributed by atoms with Crippen LogP contribution in [0, 0.1) is 16.6 Å². The molecule has 1 aliphatic carbocycles. The van der Waals surface area contributed by atoms with E-state index in [0.717, 1.165) is 34.2 Å². The number of carbonyl (C=O) groups excluding carboxylic acids is 2. The van der Waals surface area contributed by atoms with Gasteiger partial charge in [0.1, 0.15) is 35.5 Å². The number of pyridine rings is 1. The van der Waals surface area contributed by atoms with Crippen molar-refractivity contribution in [1.82, 2.24) is 35.3 Å². The number of alkyl carbamates (subject to hydrolysis) is 1. The van der Waals surface area contributed by atoms with Gasteiger partial charge in [-0.1, -0.05) is 56.6 Å². The third kappa shape index (κ3) is 7.72. The number of halogens is 9. The molecule has 2 amide bonds. The molecule has 3 N–H and O–H groups in total. The summed E-state index contributed by atoms with van der Waals surface area (Å²) in [5.74, 6) is -3.27. The normalized spacial score (nSPS) is 18.7. The summed E-state index contributed by atoms with van der Waals surface area (Å²) < 4.78 is 117. The number of aromatic nitrogens is 4. The molecule has 2 aromatic carbocycles. The van der Waals surface area contributed by atoms with Crippen LogP contribution in [-0.2, 0) is 15.1 Å². The van der Waals surface area contributed by atoms with Crippen molar-refractivity contribution in [2.75, 3.05) is 6.61 Å². The lowest BCUT2D eigenvalue weighted by molar-refractivity contribution is -0.164. The first kappa shape index (κ1) is 40.3. The van der Waals surface area contributed by atoms with Crippen LogP contribution in [0.2, 0.25) is 5.02 Å². The number of nitrogens with zero attached hydrogens (tertiary/aromatic N) is 5. The molecule has 11 nitrogen and oxygen atoms in total. The van der Waals surface area contributed by atoms with Crippen LogP contribution in [-0.4, -0.2) is 60.9 Å². The summed E-state index contributed by atoms with van der Waals surface area (Å²) in [6, 6.07) is 8.46. The molecule has 1 saturated heterocycles. The summed E-state index contributed by atoms with van der Waals surface area (Å²) in [6.45, 7) is 4.39. The van der Waals surface area contributed by atoms with E-state index in [0.29, 0.717) is 5.56 Å². The van der Waals surface area contributed by atoms with Crippen LogP contribution in [0.4, 0.5) is 39.9 Å². The zero-order valence-corrected chi connectivity index (χ0v) is 30.5. The number of rotatable bonds is 11. The molecule has 0 radical (unpaired) electrons. The number of ether oxygens (including phenoxy) is 1. The molecule has 3 heterocycles. The van der Waals surface area contributed by atoms with Gasteiger partial charge in [0.15, 0.2) is 11.8 Å². The SMILES string of the molecule is CC(C)(C)C[C@]1(c2ccc(-c3ccc(C(F)F)nc3)cc2F)NC(=N)N([C@H](COC(=O)NC2(C(F)(F)F)CC2)c2ccc(Cl)c(-n3ncnc3C(F)F)c2)C1=O. The lowest BCUT2D eigenvalue weighted by atomic mass is 9.75. The fourth-order valence-corrected chi connectivity index (χ4v) is 6.85. The van der Waals surface area contributed by atoms with Crippen LogP contribution in [0.1, 0.15) is 81.6 Å². The fourth-order valence-electron chi connectivity index (χ4n) is 6.65. The molecule has 2 atom stereocenters. The minimum absolute atomic E-state index is 0.00639. The van der Waals surface area contributed by atoms with E-state index in [4.69, 9.17) is 21.7 Å². The van der Waals surface area contributed by atoms with Gasteiger partial charge in [0.25, 0.3) is 18.8 Å². The summed E-state index contributed by atoms with van der Waals surface area (Å²) in [7, 11) is 0. The first-order chi connectivity index (χ1) is 26.2. The Bertz CT molecular complexity index is 2150. The van der Waals surface area contributed by atoms with Crippen molar-refractivity contribution in [3.63, 3.8) is 0 Å². The standard InChI is InChI=1S/C36H33ClF8N8O3/c1-33(2,3)16-35(21-7-4-18(12-23(21)38)20-6-9-24(27(39)40)47-14-20)30(54)52(31(46)50-35)26(15-56-32(55)51-34(10-11-34)36(43,44)45)19-5-8-22(37)25(13-19)53-29(28(41)42)48-17-49-53/h4-9,12-14,17,26-28H,10-11,15-16H2,1-3H3,(H2,46,50)(H,51,55)/t26-,35-/m1/s1. The van der Waals surface area contributed by atoms with Crippen LogP contribution in [0.3, 0.4) is 0 Å². The Labute approximate surface area is 318 Å². The highest BCUT2D eigenvalue weighted by Gasteiger charge is 2.65. The summed E-state index contributed by atoms with van der Waals surface area (Å²) >= 11 is 6.38. The van der Waals surface area contributed by atoms with Gasteiger partial charge >= 0.3 is 12.3 Å².